The van der Waals surface area contributed by atoms with Crippen LogP contribution in [0.1, 0.15) is 117 Å². The van der Waals surface area contributed by atoms with Gasteiger partial charge in [-0.2, -0.15) is 0 Å². The monoisotopic (exact) mass is 298 g/mol. The van der Waals surface area contributed by atoms with Gasteiger partial charge in [0.15, 0.2) is 0 Å². The minimum Gasteiger partial charge on any atom is -0.396 e. The van der Waals surface area contributed by atoms with Crippen molar-refractivity contribution in [2.24, 2.45) is 5.92 Å². The second-order valence-corrected chi connectivity index (χ2v) is 6.84. The minimum absolute atomic E-state index is 0.372. The molecule has 0 radical (unpaired) electrons. The van der Waals surface area contributed by atoms with E-state index < -0.39 is 0 Å². The summed E-state index contributed by atoms with van der Waals surface area (Å²) in [6, 6.07) is 0. The van der Waals surface area contributed by atoms with E-state index in [2.05, 4.69) is 13.8 Å². The van der Waals surface area contributed by atoms with Crippen molar-refractivity contribution >= 4 is 0 Å². The fraction of sp³-hybridized carbons (Fsp3) is 1.00. The van der Waals surface area contributed by atoms with E-state index in [1.165, 1.54) is 96.3 Å². The molecule has 1 N–H and O–H groups in total. The maximum Gasteiger partial charge on any atom is 0.0431 e. The predicted molar refractivity (Wildman–Crippen MR) is 95.8 cm³/mol. The highest BCUT2D eigenvalue weighted by atomic mass is 16.2. The second-order valence-electron chi connectivity index (χ2n) is 6.84. The standard InChI is InChI=1S/C20H42O/c1-3-5-7-8-10-13-17-20(16-6-4-2)18-14-11-9-12-15-19-21/h20-21H,3-19H2,1-2H3. The van der Waals surface area contributed by atoms with Gasteiger partial charge in [0.05, 0.1) is 0 Å². The van der Waals surface area contributed by atoms with Crippen molar-refractivity contribution in [1.29, 1.82) is 0 Å². The van der Waals surface area contributed by atoms with Gasteiger partial charge in [-0.15, -0.1) is 0 Å². The zero-order chi connectivity index (χ0) is 15.6. The molecule has 1 unspecified atom stereocenters. The first-order valence-corrected chi connectivity index (χ1v) is 9.96. The third-order valence-electron chi connectivity index (χ3n) is 4.70. The molecule has 0 aromatic carbocycles. The number of rotatable bonds is 17. The largest absolute Gasteiger partial charge is 0.396 e. The van der Waals surface area contributed by atoms with Crippen molar-refractivity contribution < 1.29 is 5.11 Å². The molecule has 0 aromatic rings. The Morgan fingerprint density at radius 3 is 1.48 bits per heavy atom. The van der Waals surface area contributed by atoms with Crippen LogP contribution in [0.5, 0.6) is 0 Å². The molecule has 0 saturated carbocycles. The van der Waals surface area contributed by atoms with Crippen molar-refractivity contribution in [3.05, 3.63) is 0 Å². The number of aliphatic hydroxyl groups excluding tert-OH is 1. The molecule has 0 saturated heterocycles. The summed E-state index contributed by atoms with van der Waals surface area (Å²) in [5.74, 6) is 0.994. The Balaban J connectivity index is 3.56. The lowest BCUT2D eigenvalue weighted by atomic mass is 9.90. The van der Waals surface area contributed by atoms with Gasteiger partial charge in [-0.1, -0.05) is 110 Å². The van der Waals surface area contributed by atoms with Crippen LogP contribution >= 0.6 is 0 Å². The van der Waals surface area contributed by atoms with Crippen molar-refractivity contribution in [2.75, 3.05) is 6.61 Å². The lowest BCUT2D eigenvalue weighted by molar-refractivity contribution is 0.281. The predicted octanol–water partition coefficient (Wildman–Crippen LogP) is 6.88. The summed E-state index contributed by atoms with van der Waals surface area (Å²) in [6.07, 6.45) is 22.1. The average molecular weight is 299 g/mol. The molecular formula is C20H42O. The highest BCUT2D eigenvalue weighted by Gasteiger charge is 2.08. The number of hydrogen-bond acceptors (Lipinski definition) is 1. The molecule has 1 heteroatoms. The smallest absolute Gasteiger partial charge is 0.0431 e. The molecule has 0 aliphatic carbocycles. The fourth-order valence-electron chi connectivity index (χ4n) is 3.21. The average Bonchev–Trinajstić information content (AvgIpc) is 2.50. The number of aliphatic hydroxyl groups is 1. The molecule has 0 fully saturated rings. The number of hydrogen-bond donors (Lipinski definition) is 1. The molecule has 0 aliphatic heterocycles. The van der Waals surface area contributed by atoms with Gasteiger partial charge in [0, 0.05) is 6.61 Å². The summed E-state index contributed by atoms with van der Waals surface area (Å²) in [7, 11) is 0. The van der Waals surface area contributed by atoms with E-state index in [4.69, 9.17) is 5.11 Å². The molecule has 0 spiro atoms. The Morgan fingerprint density at radius 2 is 0.952 bits per heavy atom. The van der Waals surface area contributed by atoms with Gasteiger partial charge in [-0.25, -0.2) is 0 Å². The first-order valence-electron chi connectivity index (χ1n) is 9.96. The van der Waals surface area contributed by atoms with Gasteiger partial charge in [0.25, 0.3) is 0 Å². The van der Waals surface area contributed by atoms with Crippen LogP contribution < -0.4 is 0 Å². The third-order valence-corrected chi connectivity index (χ3v) is 4.70. The molecule has 1 nitrogen and oxygen atoms in total. The van der Waals surface area contributed by atoms with Gasteiger partial charge in [-0.05, 0) is 12.3 Å². The summed E-state index contributed by atoms with van der Waals surface area (Å²) in [4.78, 5) is 0. The van der Waals surface area contributed by atoms with Crippen LogP contribution in [0.25, 0.3) is 0 Å². The second kappa shape index (κ2) is 18.0. The first kappa shape index (κ1) is 21.0. The van der Waals surface area contributed by atoms with Gasteiger partial charge in [0.1, 0.15) is 0 Å². The summed E-state index contributed by atoms with van der Waals surface area (Å²) in [5.41, 5.74) is 0. The van der Waals surface area contributed by atoms with E-state index in [-0.39, 0.29) is 0 Å². The fourth-order valence-corrected chi connectivity index (χ4v) is 3.21. The lowest BCUT2D eigenvalue weighted by Crippen LogP contribution is -2.01. The molecule has 0 bridgehead atoms. The van der Waals surface area contributed by atoms with Crippen molar-refractivity contribution in [3.8, 4) is 0 Å². The summed E-state index contributed by atoms with van der Waals surface area (Å²) in [5, 5.41) is 8.78. The van der Waals surface area contributed by atoms with Crippen LogP contribution in [-0.2, 0) is 0 Å². The number of unbranched alkanes of at least 4 members (excludes halogenated alkanes) is 10. The van der Waals surface area contributed by atoms with Gasteiger partial charge < -0.3 is 5.11 Å². The van der Waals surface area contributed by atoms with Crippen molar-refractivity contribution in [2.45, 2.75) is 117 Å². The van der Waals surface area contributed by atoms with E-state index in [1.807, 2.05) is 0 Å². The van der Waals surface area contributed by atoms with E-state index in [9.17, 15) is 0 Å². The van der Waals surface area contributed by atoms with Gasteiger partial charge >= 0.3 is 0 Å². The Kier molecular flexibility index (Phi) is 18.0. The molecule has 1 atom stereocenters. The summed E-state index contributed by atoms with van der Waals surface area (Å²) >= 11 is 0. The van der Waals surface area contributed by atoms with E-state index in [1.54, 1.807) is 0 Å². The van der Waals surface area contributed by atoms with Crippen LogP contribution in [0.15, 0.2) is 0 Å². The molecule has 21 heavy (non-hydrogen) atoms. The van der Waals surface area contributed by atoms with Crippen molar-refractivity contribution in [3.63, 3.8) is 0 Å². The Labute approximate surface area is 134 Å². The zero-order valence-corrected chi connectivity index (χ0v) is 15.0. The molecule has 128 valence electrons. The Hall–Kier alpha value is -0.0400. The SMILES string of the molecule is CCCCCCCCC(CCCC)CCCCCCCO. The van der Waals surface area contributed by atoms with Gasteiger partial charge in [-0.3, -0.25) is 0 Å². The molecule has 0 aliphatic rings. The van der Waals surface area contributed by atoms with Crippen LogP contribution in [0.3, 0.4) is 0 Å². The maximum absolute atomic E-state index is 8.78. The summed E-state index contributed by atoms with van der Waals surface area (Å²) in [6.45, 7) is 4.98. The normalized spacial score (nSPS) is 12.7. The van der Waals surface area contributed by atoms with Gasteiger partial charge in [0.2, 0.25) is 0 Å². The third kappa shape index (κ3) is 16.2. The zero-order valence-electron chi connectivity index (χ0n) is 15.0. The highest BCUT2D eigenvalue weighted by molar-refractivity contribution is 4.61. The van der Waals surface area contributed by atoms with Crippen LogP contribution in [0.4, 0.5) is 0 Å². The maximum atomic E-state index is 8.78. The Morgan fingerprint density at radius 1 is 0.524 bits per heavy atom. The summed E-state index contributed by atoms with van der Waals surface area (Å²) < 4.78 is 0. The molecule has 0 heterocycles. The quantitative estimate of drug-likeness (QED) is 0.290. The molecule has 0 rings (SSSR count). The van der Waals surface area contributed by atoms with Crippen molar-refractivity contribution in [1.82, 2.24) is 0 Å². The van der Waals surface area contributed by atoms with Crippen LogP contribution in [0.2, 0.25) is 0 Å². The van der Waals surface area contributed by atoms with E-state index in [0.29, 0.717) is 6.61 Å². The highest BCUT2D eigenvalue weighted by Crippen LogP contribution is 2.23. The molecule has 0 aromatic heterocycles. The lowest BCUT2D eigenvalue weighted by Gasteiger charge is -2.16. The van der Waals surface area contributed by atoms with Crippen LogP contribution in [0, 0.1) is 5.92 Å². The topological polar surface area (TPSA) is 20.2 Å². The first-order chi connectivity index (χ1) is 10.3. The van der Waals surface area contributed by atoms with Crippen LogP contribution in [-0.4, -0.2) is 11.7 Å². The Bertz CT molecular complexity index is 163. The molecular weight excluding hydrogens is 256 g/mol. The minimum atomic E-state index is 0.372. The van der Waals surface area contributed by atoms with E-state index in [0.717, 1.165) is 12.3 Å². The molecule has 0 amide bonds. The van der Waals surface area contributed by atoms with E-state index >= 15 is 0 Å².